The normalized spacial score (nSPS) is 10.5. The zero-order valence-corrected chi connectivity index (χ0v) is 11.0. The van der Waals surface area contributed by atoms with E-state index in [9.17, 15) is 4.79 Å². The summed E-state index contributed by atoms with van der Waals surface area (Å²) < 4.78 is 0.961. The van der Waals surface area contributed by atoms with E-state index in [1.165, 1.54) is 0 Å². The van der Waals surface area contributed by atoms with Crippen LogP contribution >= 0.6 is 15.9 Å². The molecular weight excluding hydrogens is 294 g/mol. The highest BCUT2D eigenvalue weighted by Gasteiger charge is 2.03. The number of halogens is 1. The molecule has 0 unspecified atom stereocenters. The quantitative estimate of drug-likeness (QED) is 0.700. The van der Waals surface area contributed by atoms with Crippen molar-refractivity contribution in [2.24, 2.45) is 5.10 Å². The molecule has 90 valence electrons. The molecule has 0 fully saturated rings. The third-order valence-electron chi connectivity index (χ3n) is 2.13. The third-order valence-corrected chi connectivity index (χ3v) is 2.62. The predicted molar refractivity (Wildman–Crippen MR) is 73.4 cm³/mol. The molecule has 0 aliphatic heterocycles. The average Bonchev–Trinajstić information content (AvgIpc) is 2.40. The summed E-state index contributed by atoms with van der Waals surface area (Å²) >= 11 is 3.36. The molecule has 1 heterocycles. The summed E-state index contributed by atoms with van der Waals surface area (Å²) in [6, 6.07) is 12.7. The van der Waals surface area contributed by atoms with E-state index in [0.29, 0.717) is 5.69 Å². The van der Waals surface area contributed by atoms with E-state index in [-0.39, 0.29) is 5.91 Å². The van der Waals surface area contributed by atoms with Gasteiger partial charge in [0.2, 0.25) is 0 Å². The average molecular weight is 304 g/mol. The van der Waals surface area contributed by atoms with Crippen molar-refractivity contribution >= 4 is 28.1 Å². The van der Waals surface area contributed by atoms with E-state index >= 15 is 0 Å². The smallest absolute Gasteiger partial charge is 0.266 e. The number of benzene rings is 1. The number of pyridine rings is 1. The van der Waals surface area contributed by atoms with Gasteiger partial charge in [0.15, 0.2) is 0 Å². The zero-order chi connectivity index (χ0) is 12.8. The molecule has 0 aliphatic carbocycles. The maximum absolute atomic E-state index is 11.6. The number of aromatic nitrogens is 1. The van der Waals surface area contributed by atoms with Crippen molar-refractivity contribution in [2.75, 3.05) is 0 Å². The standard InChI is InChI=1S/C13H10BrN3O/c14-11-5-3-4-10(8-11)9-16-17-13(18)12-6-1-2-7-15-12/h1-9H,(H,17,18)/b16-9-. The molecule has 1 aromatic heterocycles. The minimum Gasteiger partial charge on any atom is -0.266 e. The van der Waals surface area contributed by atoms with E-state index in [1.54, 1.807) is 30.6 Å². The van der Waals surface area contributed by atoms with Crippen LogP contribution in [0.15, 0.2) is 58.2 Å². The highest BCUT2D eigenvalue weighted by molar-refractivity contribution is 9.10. The van der Waals surface area contributed by atoms with Crippen molar-refractivity contribution in [3.8, 4) is 0 Å². The van der Waals surface area contributed by atoms with E-state index < -0.39 is 0 Å². The molecule has 18 heavy (non-hydrogen) atoms. The molecule has 1 N–H and O–H groups in total. The fraction of sp³-hybridized carbons (Fsp3) is 0. The Balaban J connectivity index is 1.98. The van der Waals surface area contributed by atoms with Gasteiger partial charge < -0.3 is 0 Å². The van der Waals surface area contributed by atoms with Crippen LogP contribution in [0, 0.1) is 0 Å². The van der Waals surface area contributed by atoms with Gasteiger partial charge in [0, 0.05) is 10.7 Å². The number of carbonyl (C=O) groups excluding carboxylic acids is 1. The molecule has 1 amide bonds. The summed E-state index contributed by atoms with van der Waals surface area (Å²) in [7, 11) is 0. The van der Waals surface area contributed by atoms with Gasteiger partial charge in [-0.3, -0.25) is 9.78 Å². The lowest BCUT2D eigenvalue weighted by Gasteiger charge is -1.98. The number of rotatable bonds is 3. The van der Waals surface area contributed by atoms with Crippen LogP contribution in [0.4, 0.5) is 0 Å². The van der Waals surface area contributed by atoms with Crippen LogP contribution in [0.5, 0.6) is 0 Å². The van der Waals surface area contributed by atoms with Gasteiger partial charge in [-0.25, -0.2) is 5.43 Å². The van der Waals surface area contributed by atoms with Crippen LogP contribution in [0.2, 0.25) is 0 Å². The summed E-state index contributed by atoms with van der Waals surface area (Å²) in [6.45, 7) is 0. The van der Waals surface area contributed by atoms with E-state index in [0.717, 1.165) is 10.0 Å². The van der Waals surface area contributed by atoms with Crippen molar-refractivity contribution in [1.82, 2.24) is 10.4 Å². The van der Waals surface area contributed by atoms with Gasteiger partial charge in [0.25, 0.3) is 5.91 Å². The summed E-state index contributed by atoms with van der Waals surface area (Å²) in [5, 5.41) is 3.87. The second-order valence-corrected chi connectivity index (χ2v) is 4.38. The molecule has 0 bridgehead atoms. The Hall–Kier alpha value is -2.01. The first-order valence-corrected chi connectivity index (χ1v) is 6.05. The Kier molecular flexibility index (Phi) is 4.20. The Morgan fingerprint density at radius 3 is 2.89 bits per heavy atom. The fourth-order valence-electron chi connectivity index (χ4n) is 1.31. The summed E-state index contributed by atoms with van der Waals surface area (Å²) in [4.78, 5) is 15.5. The van der Waals surface area contributed by atoms with Crippen LogP contribution in [0.25, 0.3) is 0 Å². The first kappa shape index (κ1) is 12.4. The van der Waals surface area contributed by atoms with Crippen LogP contribution in [0.3, 0.4) is 0 Å². The monoisotopic (exact) mass is 303 g/mol. The molecule has 4 nitrogen and oxygen atoms in total. The minimum atomic E-state index is -0.332. The summed E-state index contributed by atoms with van der Waals surface area (Å²) in [5.74, 6) is -0.332. The van der Waals surface area contributed by atoms with Gasteiger partial charge in [0.1, 0.15) is 5.69 Å². The molecule has 5 heteroatoms. The fourth-order valence-corrected chi connectivity index (χ4v) is 1.72. The molecule has 0 aliphatic rings. The summed E-state index contributed by atoms with van der Waals surface area (Å²) in [6.07, 6.45) is 3.14. The Morgan fingerprint density at radius 2 is 2.17 bits per heavy atom. The Labute approximate surface area is 113 Å². The van der Waals surface area contributed by atoms with Crippen molar-refractivity contribution < 1.29 is 4.79 Å². The number of nitrogens with one attached hydrogen (secondary N) is 1. The molecule has 0 spiro atoms. The van der Waals surface area contributed by atoms with Crippen molar-refractivity contribution in [3.63, 3.8) is 0 Å². The number of hydrogen-bond donors (Lipinski definition) is 1. The number of nitrogens with zero attached hydrogens (tertiary/aromatic N) is 2. The number of hydrogen-bond acceptors (Lipinski definition) is 3. The lowest BCUT2D eigenvalue weighted by Crippen LogP contribution is -2.18. The third kappa shape index (κ3) is 3.49. The topological polar surface area (TPSA) is 54.4 Å². The minimum absolute atomic E-state index is 0.332. The maximum atomic E-state index is 11.6. The van der Waals surface area contributed by atoms with Gasteiger partial charge in [-0.1, -0.05) is 34.1 Å². The van der Waals surface area contributed by atoms with Gasteiger partial charge in [0.05, 0.1) is 6.21 Å². The van der Waals surface area contributed by atoms with E-state index in [4.69, 9.17) is 0 Å². The number of amides is 1. The highest BCUT2D eigenvalue weighted by Crippen LogP contribution is 2.09. The molecule has 0 radical (unpaired) electrons. The van der Waals surface area contributed by atoms with Gasteiger partial charge in [-0.2, -0.15) is 5.10 Å². The SMILES string of the molecule is O=C(N/N=C\c1cccc(Br)c1)c1ccccn1. The van der Waals surface area contributed by atoms with Crippen LogP contribution in [-0.2, 0) is 0 Å². The lowest BCUT2D eigenvalue weighted by atomic mass is 10.2. The number of hydrazone groups is 1. The predicted octanol–water partition coefficient (Wildman–Crippen LogP) is 2.61. The largest absolute Gasteiger partial charge is 0.289 e. The summed E-state index contributed by atoms with van der Waals surface area (Å²) in [5.41, 5.74) is 3.65. The van der Waals surface area contributed by atoms with Gasteiger partial charge in [-0.15, -0.1) is 0 Å². The molecule has 1 aromatic carbocycles. The first-order chi connectivity index (χ1) is 8.75. The van der Waals surface area contributed by atoms with E-state index in [2.05, 4.69) is 31.4 Å². The van der Waals surface area contributed by atoms with Crippen LogP contribution in [-0.4, -0.2) is 17.1 Å². The molecule has 2 rings (SSSR count). The molecule has 2 aromatic rings. The van der Waals surface area contributed by atoms with Crippen molar-refractivity contribution in [1.29, 1.82) is 0 Å². The van der Waals surface area contributed by atoms with Gasteiger partial charge in [-0.05, 0) is 29.8 Å². The molecular formula is C13H10BrN3O. The van der Waals surface area contributed by atoms with Crippen LogP contribution < -0.4 is 5.43 Å². The second kappa shape index (κ2) is 6.07. The Morgan fingerprint density at radius 1 is 1.28 bits per heavy atom. The van der Waals surface area contributed by atoms with Crippen LogP contribution in [0.1, 0.15) is 16.1 Å². The van der Waals surface area contributed by atoms with Crippen molar-refractivity contribution in [2.45, 2.75) is 0 Å². The van der Waals surface area contributed by atoms with E-state index in [1.807, 2.05) is 24.3 Å². The first-order valence-electron chi connectivity index (χ1n) is 5.26. The zero-order valence-electron chi connectivity index (χ0n) is 9.38. The molecule has 0 saturated carbocycles. The highest BCUT2D eigenvalue weighted by atomic mass is 79.9. The maximum Gasteiger partial charge on any atom is 0.289 e. The Bertz CT molecular complexity index is 569. The molecule has 0 atom stereocenters. The van der Waals surface area contributed by atoms with Gasteiger partial charge >= 0.3 is 0 Å². The number of carbonyl (C=O) groups is 1. The molecule has 0 saturated heterocycles. The lowest BCUT2D eigenvalue weighted by molar-refractivity contribution is 0.0950. The van der Waals surface area contributed by atoms with Crippen molar-refractivity contribution in [3.05, 3.63) is 64.4 Å². The second-order valence-electron chi connectivity index (χ2n) is 3.47.